The average Bonchev–Trinajstić information content (AvgIpc) is 2.92. The van der Waals surface area contributed by atoms with Gasteiger partial charge in [0.1, 0.15) is 0 Å². The van der Waals surface area contributed by atoms with Gasteiger partial charge in [0.2, 0.25) is 0 Å². The number of hydrogen-bond donors (Lipinski definition) is 1. The minimum Gasteiger partial charge on any atom is -0.368 e. The molecule has 0 aliphatic carbocycles. The van der Waals surface area contributed by atoms with E-state index in [9.17, 15) is 4.79 Å². The number of fused-ring (bicyclic) bond motifs is 1. The van der Waals surface area contributed by atoms with Crippen molar-refractivity contribution in [2.24, 2.45) is 0 Å². The number of nitrogens with zero attached hydrogens (tertiary/aromatic N) is 4. The number of benzene rings is 3. The van der Waals surface area contributed by atoms with Gasteiger partial charge in [0.05, 0.1) is 10.0 Å². The van der Waals surface area contributed by atoms with Crippen molar-refractivity contribution in [1.29, 1.82) is 0 Å². The largest absolute Gasteiger partial charge is 0.368 e. The number of carbonyl (C=O) groups is 1. The van der Waals surface area contributed by atoms with Crippen LogP contribution in [0.4, 0.5) is 11.5 Å². The third-order valence-corrected chi connectivity index (χ3v) is 7.24. The molecule has 0 unspecified atom stereocenters. The van der Waals surface area contributed by atoms with E-state index in [-0.39, 0.29) is 5.91 Å². The van der Waals surface area contributed by atoms with Crippen LogP contribution in [0.2, 0.25) is 10.0 Å². The molecule has 1 aliphatic heterocycles. The zero-order valence-corrected chi connectivity index (χ0v) is 21.3. The summed E-state index contributed by atoms with van der Waals surface area (Å²) in [6, 6.07) is 23.9. The maximum atomic E-state index is 13.0. The van der Waals surface area contributed by atoms with Gasteiger partial charge >= 0.3 is 0 Å². The van der Waals surface area contributed by atoms with Crippen LogP contribution >= 0.6 is 23.2 Å². The van der Waals surface area contributed by atoms with E-state index in [2.05, 4.69) is 37.4 Å². The molecule has 2 heterocycles. The molecule has 0 atom stereocenters. The van der Waals surface area contributed by atoms with Crippen molar-refractivity contribution in [2.45, 2.75) is 12.8 Å². The highest BCUT2D eigenvalue weighted by Crippen LogP contribution is 2.30. The molecule has 3 aromatic carbocycles. The van der Waals surface area contributed by atoms with E-state index in [1.807, 2.05) is 60.7 Å². The van der Waals surface area contributed by atoms with Crippen LogP contribution in [0.15, 0.2) is 72.8 Å². The lowest BCUT2D eigenvalue weighted by molar-refractivity contribution is 0.0949. The van der Waals surface area contributed by atoms with E-state index < -0.39 is 0 Å². The van der Waals surface area contributed by atoms with Gasteiger partial charge in [-0.05, 0) is 36.6 Å². The minimum atomic E-state index is -0.192. The number of carbonyl (C=O) groups excluding carboxylic acids is 1. The lowest BCUT2D eigenvalue weighted by Crippen LogP contribution is -2.47. The Morgan fingerprint density at radius 1 is 0.806 bits per heavy atom. The summed E-state index contributed by atoms with van der Waals surface area (Å²) in [7, 11) is 0. The number of rotatable bonds is 7. The highest BCUT2D eigenvalue weighted by molar-refractivity contribution is 6.42. The molecule has 1 amide bonds. The van der Waals surface area contributed by atoms with Crippen molar-refractivity contribution in [1.82, 2.24) is 15.5 Å². The van der Waals surface area contributed by atoms with Gasteiger partial charge in [0.15, 0.2) is 11.5 Å². The van der Waals surface area contributed by atoms with Crippen LogP contribution in [0.25, 0.3) is 10.8 Å². The van der Waals surface area contributed by atoms with E-state index in [0.29, 0.717) is 22.3 Å². The second-order valence-electron chi connectivity index (χ2n) is 8.84. The molecule has 5 rings (SSSR count). The molecular formula is C28H27Cl2N5O. The highest BCUT2D eigenvalue weighted by Gasteiger charge is 2.23. The van der Waals surface area contributed by atoms with E-state index >= 15 is 0 Å². The lowest BCUT2D eigenvalue weighted by Gasteiger charge is -2.37. The summed E-state index contributed by atoms with van der Waals surface area (Å²) in [4.78, 5) is 17.5. The Morgan fingerprint density at radius 2 is 1.50 bits per heavy atom. The SMILES string of the molecule is O=C(NCCCc1ccccc1)c1nnc(N2CCN(c3ccc(Cl)c(Cl)c3)CC2)c2ccccc12. The van der Waals surface area contributed by atoms with Gasteiger partial charge in [-0.25, -0.2) is 0 Å². The smallest absolute Gasteiger partial charge is 0.272 e. The maximum absolute atomic E-state index is 13.0. The molecule has 1 fully saturated rings. The molecule has 8 heteroatoms. The number of piperazine rings is 1. The van der Waals surface area contributed by atoms with Crippen LogP contribution in [0.1, 0.15) is 22.5 Å². The quantitative estimate of drug-likeness (QED) is 0.321. The molecule has 184 valence electrons. The predicted octanol–water partition coefficient (Wildman–Crippen LogP) is 5.63. The van der Waals surface area contributed by atoms with Crippen LogP contribution < -0.4 is 15.1 Å². The van der Waals surface area contributed by atoms with Crippen molar-refractivity contribution in [2.75, 3.05) is 42.5 Å². The molecule has 0 radical (unpaired) electrons. The summed E-state index contributed by atoms with van der Waals surface area (Å²) in [5.41, 5.74) is 2.68. The lowest BCUT2D eigenvalue weighted by atomic mass is 10.1. The molecule has 1 aliphatic rings. The van der Waals surface area contributed by atoms with Crippen LogP contribution in [-0.2, 0) is 6.42 Å². The van der Waals surface area contributed by atoms with Gasteiger partial charge in [-0.15, -0.1) is 10.2 Å². The third-order valence-electron chi connectivity index (χ3n) is 6.50. The van der Waals surface area contributed by atoms with Crippen LogP contribution in [0.3, 0.4) is 0 Å². The summed E-state index contributed by atoms with van der Waals surface area (Å²) in [5, 5.41) is 14.8. The molecule has 1 saturated heterocycles. The first-order chi connectivity index (χ1) is 17.6. The zero-order chi connectivity index (χ0) is 24.9. The number of nitrogens with one attached hydrogen (secondary N) is 1. The van der Waals surface area contributed by atoms with E-state index in [0.717, 1.165) is 61.3 Å². The van der Waals surface area contributed by atoms with E-state index in [4.69, 9.17) is 23.2 Å². The fourth-order valence-corrected chi connectivity index (χ4v) is 4.86. The van der Waals surface area contributed by atoms with Gasteiger partial charge in [-0.1, -0.05) is 77.8 Å². The second kappa shape index (κ2) is 11.1. The van der Waals surface area contributed by atoms with Gasteiger partial charge in [0, 0.05) is 49.2 Å². The topological polar surface area (TPSA) is 61.4 Å². The van der Waals surface area contributed by atoms with Crippen molar-refractivity contribution in [3.05, 3.63) is 94.1 Å². The summed E-state index contributed by atoms with van der Waals surface area (Å²) in [5.74, 6) is 0.614. The first-order valence-electron chi connectivity index (χ1n) is 12.1. The average molecular weight is 520 g/mol. The van der Waals surface area contributed by atoms with Crippen molar-refractivity contribution < 1.29 is 4.79 Å². The van der Waals surface area contributed by atoms with Gasteiger partial charge < -0.3 is 15.1 Å². The van der Waals surface area contributed by atoms with Gasteiger partial charge in [-0.2, -0.15) is 0 Å². The Morgan fingerprint density at radius 3 is 2.25 bits per heavy atom. The zero-order valence-electron chi connectivity index (χ0n) is 19.8. The first kappa shape index (κ1) is 24.3. The third kappa shape index (κ3) is 5.40. The molecule has 0 bridgehead atoms. The number of aromatic nitrogens is 2. The summed E-state index contributed by atoms with van der Waals surface area (Å²) < 4.78 is 0. The van der Waals surface area contributed by atoms with Crippen molar-refractivity contribution >= 4 is 51.4 Å². The summed E-state index contributed by atoms with van der Waals surface area (Å²) >= 11 is 12.3. The number of hydrogen-bond acceptors (Lipinski definition) is 5. The Bertz CT molecular complexity index is 1360. The van der Waals surface area contributed by atoms with Crippen LogP contribution in [-0.4, -0.2) is 48.8 Å². The minimum absolute atomic E-state index is 0.192. The number of anilines is 2. The molecule has 4 aromatic rings. The number of halogens is 2. The first-order valence-corrected chi connectivity index (χ1v) is 12.9. The standard InChI is InChI=1S/C28H27Cl2N5O/c29-24-13-12-21(19-25(24)30)34-15-17-35(18-16-34)27-23-11-5-4-10-22(23)26(32-33-27)28(36)31-14-6-9-20-7-2-1-3-8-20/h1-5,7-8,10-13,19H,6,9,14-18H2,(H,31,36). The molecule has 0 spiro atoms. The molecule has 0 saturated carbocycles. The van der Waals surface area contributed by atoms with Crippen molar-refractivity contribution in [3.8, 4) is 0 Å². The molecule has 6 nitrogen and oxygen atoms in total. The highest BCUT2D eigenvalue weighted by atomic mass is 35.5. The predicted molar refractivity (Wildman–Crippen MR) is 148 cm³/mol. The monoisotopic (exact) mass is 519 g/mol. The summed E-state index contributed by atoms with van der Waals surface area (Å²) in [6.07, 6.45) is 1.78. The van der Waals surface area contributed by atoms with E-state index in [1.54, 1.807) is 0 Å². The number of amides is 1. The Balaban J connectivity index is 1.26. The molecule has 36 heavy (non-hydrogen) atoms. The fourth-order valence-electron chi connectivity index (χ4n) is 4.57. The molecule has 1 N–H and O–H groups in total. The Hall–Kier alpha value is -3.35. The van der Waals surface area contributed by atoms with E-state index in [1.165, 1.54) is 5.56 Å². The second-order valence-corrected chi connectivity index (χ2v) is 9.65. The Kier molecular flexibility index (Phi) is 7.54. The van der Waals surface area contributed by atoms with Gasteiger partial charge in [-0.3, -0.25) is 4.79 Å². The summed E-state index contributed by atoms with van der Waals surface area (Å²) in [6.45, 7) is 3.78. The van der Waals surface area contributed by atoms with Crippen molar-refractivity contribution in [3.63, 3.8) is 0 Å². The van der Waals surface area contributed by atoms with Gasteiger partial charge in [0.25, 0.3) is 5.91 Å². The molecule has 1 aromatic heterocycles. The maximum Gasteiger partial charge on any atom is 0.272 e. The Labute approximate surface area is 220 Å². The van der Waals surface area contributed by atoms with Crippen LogP contribution in [0, 0.1) is 0 Å². The molecular weight excluding hydrogens is 493 g/mol. The van der Waals surface area contributed by atoms with Crippen LogP contribution in [0.5, 0.6) is 0 Å². The fraction of sp³-hybridized carbons (Fsp3) is 0.250. The normalized spacial score (nSPS) is 13.7. The number of aryl methyl sites for hydroxylation is 1.